The van der Waals surface area contributed by atoms with Crippen molar-refractivity contribution >= 4 is 33.6 Å². The second-order valence-corrected chi connectivity index (χ2v) is 6.78. The number of aliphatic hydroxyl groups is 1. The molecule has 0 aliphatic carbocycles. The zero-order valence-electron chi connectivity index (χ0n) is 13.1. The number of cyclic esters (lactones) is 1. The fourth-order valence-electron chi connectivity index (χ4n) is 2.41. The molecular weight excluding hydrogens is 384 g/mol. The Morgan fingerprint density at radius 3 is 2.50 bits per heavy atom. The lowest BCUT2D eigenvalue weighted by molar-refractivity contribution is -0.384. The molecule has 1 aromatic rings. The Hall–Kier alpha value is -2.00. The molecule has 9 heteroatoms. The van der Waals surface area contributed by atoms with Gasteiger partial charge in [0.25, 0.3) is 5.69 Å². The first kappa shape index (κ1) is 18.3. The lowest BCUT2D eigenvalue weighted by atomic mass is 10.0. The van der Waals surface area contributed by atoms with Crippen LogP contribution >= 0.6 is 15.9 Å². The average molecular weight is 401 g/mol. The molecule has 1 aliphatic heterocycles. The molecule has 0 unspecified atom stereocenters. The Morgan fingerprint density at radius 1 is 1.42 bits per heavy atom. The van der Waals surface area contributed by atoms with Gasteiger partial charge in [0.1, 0.15) is 17.5 Å². The summed E-state index contributed by atoms with van der Waals surface area (Å²) >= 11 is 3.12. The quantitative estimate of drug-likeness (QED) is 0.461. The summed E-state index contributed by atoms with van der Waals surface area (Å²) in [5, 5.41) is 21.0. The van der Waals surface area contributed by atoms with Gasteiger partial charge in [0.15, 0.2) is 0 Å². The van der Waals surface area contributed by atoms with Gasteiger partial charge in [-0.3, -0.25) is 14.9 Å². The van der Waals surface area contributed by atoms with Gasteiger partial charge in [-0.05, 0) is 23.6 Å². The molecule has 1 aromatic carbocycles. The van der Waals surface area contributed by atoms with Gasteiger partial charge in [-0.1, -0.05) is 29.8 Å². The molecule has 8 nitrogen and oxygen atoms in total. The van der Waals surface area contributed by atoms with Crippen molar-refractivity contribution in [3.8, 4) is 0 Å². The Balaban J connectivity index is 2.17. The number of aliphatic hydroxyl groups excluding tert-OH is 1. The number of rotatable bonds is 5. The van der Waals surface area contributed by atoms with Crippen molar-refractivity contribution in [2.24, 2.45) is 5.92 Å². The maximum Gasteiger partial charge on any atom is 0.417 e. The minimum Gasteiger partial charge on any atom is -0.447 e. The normalized spacial score (nSPS) is 20.0. The van der Waals surface area contributed by atoms with Gasteiger partial charge in [0.2, 0.25) is 5.91 Å². The maximum absolute atomic E-state index is 12.6. The number of carbonyl (C=O) groups is 2. The van der Waals surface area contributed by atoms with Crippen LogP contribution in [0.25, 0.3) is 0 Å². The number of carbonyl (C=O) groups excluding carboxylic acids is 2. The molecule has 2 rings (SSSR count). The second kappa shape index (κ2) is 7.27. The molecule has 0 aromatic heterocycles. The van der Waals surface area contributed by atoms with E-state index in [2.05, 4.69) is 15.9 Å². The summed E-state index contributed by atoms with van der Waals surface area (Å²) in [7, 11) is 0. The van der Waals surface area contributed by atoms with Gasteiger partial charge in [-0.25, -0.2) is 9.69 Å². The third-order valence-corrected chi connectivity index (χ3v) is 4.76. The van der Waals surface area contributed by atoms with E-state index in [0.29, 0.717) is 5.56 Å². The van der Waals surface area contributed by atoms with Crippen LogP contribution in [0.15, 0.2) is 24.3 Å². The van der Waals surface area contributed by atoms with E-state index in [1.807, 2.05) is 13.8 Å². The smallest absolute Gasteiger partial charge is 0.417 e. The predicted octanol–water partition coefficient (Wildman–Crippen LogP) is 2.40. The minimum absolute atomic E-state index is 0.0108. The van der Waals surface area contributed by atoms with Gasteiger partial charge in [0.05, 0.1) is 11.0 Å². The molecule has 24 heavy (non-hydrogen) atoms. The van der Waals surface area contributed by atoms with Crippen LogP contribution in [0.2, 0.25) is 0 Å². The van der Waals surface area contributed by atoms with Crippen LogP contribution in [0.1, 0.15) is 25.5 Å². The molecule has 130 valence electrons. The molecule has 0 radical (unpaired) electrons. The molecule has 0 spiro atoms. The fourth-order valence-corrected chi connectivity index (χ4v) is 2.94. The molecule has 1 N–H and O–H groups in total. The number of benzene rings is 1. The molecule has 3 atom stereocenters. The topological polar surface area (TPSA) is 110 Å². The lowest BCUT2D eigenvalue weighted by Gasteiger charge is -2.26. The van der Waals surface area contributed by atoms with Gasteiger partial charge < -0.3 is 9.84 Å². The molecular formula is C15H17BrN2O6. The molecule has 1 aliphatic rings. The first-order chi connectivity index (χ1) is 11.2. The van der Waals surface area contributed by atoms with Crippen molar-refractivity contribution in [3.05, 3.63) is 39.9 Å². The molecule has 0 bridgehead atoms. The number of non-ortho nitro benzene ring substituents is 1. The number of amides is 2. The summed E-state index contributed by atoms with van der Waals surface area (Å²) in [6.07, 6.45) is -2.00. The monoisotopic (exact) mass is 400 g/mol. The Labute approximate surface area is 146 Å². The molecule has 2 amide bonds. The highest BCUT2D eigenvalue weighted by Gasteiger charge is 2.43. The van der Waals surface area contributed by atoms with Gasteiger partial charge >= 0.3 is 6.09 Å². The summed E-state index contributed by atoms with van der Waals surface area (Å²) < 4.78 is 4.93. The summed E-state index contributed by atoms with van der Waals surface area (Å²) in [6.45, 7) is 3.85. The largest absolute Gasteiger partial charge is 0.447 e. The van der Waals surface area contributed by atoms with E-state index < -0.39 is 33.9 Å². The number of alkyl halides is 1. The van der Waals surface area contributed by atoms with E-state index in [0.717, 1.165) is 4.90 Å². The van der Waals surface area contributed by atoms with Crippen LogP contribution in [0.3, 0.4) is 0 Å². The summed E-state index contributed by atoms with van der Waals surface area (Å²) in [5.74, 6) is -0.598. The summed E-state index contributed by atoms with van der Waals surface area (Å²) in [6, 6.07) is 4.82. The molecule has 1 heterocycles. The number of ether oxygens (including phenoxy) is 1. The van der Waals surface area contributed by atoms with E-state index in [1.54, 1.807) is 0 Å². The van der Waals surface area contributed by atoms with Crippen LogP contribution in [0, 0.1) is 16.0 Å². The van der Waals surface area contributed by atoms with Crippen molar-refractivity contribution in [1.82, 2.24) is 4.90 Å². The van der Waals surface area contributed by atoms with E-state index in [9.17, 15) is 24.8 Å². The number of nitro groups is 1. The zero-order valence-corrected chi connectivity index (χ0v) is 14.7. The SMILES string of the molecule is CC(C)[C@H]1COC(=O)N1C(=O)[C@H](Br)[C@H](O)c1ccc([N+](=O)[O-])cc1. The van der Waals surface area contributed by atoms with Crippen molar-refractivity contribution in [2.45, 2.75) is 30.8 Å². The van der Waals surface area contributed by atoms with Crippen molar-refractivity contribution in [3.63, 3.8) is 0 Å². The lowest BCUT2D eigenvalue weighted by Crippen LogP contribution is -2.46. The van der Waals surface area contributed by atoms with Gasteiger partial charge in [-0.2, -0.15) is 0 Å². The predicted molar refractivity (Wildman–Crippen MR) is 87.6 cm³/mol. The third-order valence-electron chi connectivity index (χ3n) is 3.87. The van der Waals surface area contributed by atoms with E-state index in [-0.39, 0.29) is 18.2 Å². The van der Waals surface area contributed by atoms with Gasteiger partial charge in [0, 0.05) is 12.1 Å². The Kier molecular flexibility index (Phi) is 5.55. The minimum atomic E-state index is -1.26. The first-order valence-electron chi connectivity index (χ1n) is 7.30. The van der Waals surface area contributed by atoms with E-state index >= 15 is 0 Å². The molecule has 0 saturated carbocycles. The summed E-state index contributed by atoms with van der Waals surface area (Å²) in [5.41, 5.74) is 0.205. The molecule has 1 saturated heterocycles. The highest BCUT2D eigenvalue weighted by molar-refractivity contribution is 9.10. The fraction of sp³-hybridized carbons (Fsp3) is 0.467. The number of hydrogen-bond acceptors (Lipinski definition) is 6. The Bertz CT molecular complexity index is 648. The van der Waals surface area contributed by atoms with Gasteiger partial charge in [-0.15, -0.1) is 0 Å². The maximum atomic E-state index is 12.6. The van der Waals surface area contributed by atoms with Crippen LogP contribution in [0.5, 0.6) is 0 Å². The third kappa shape index (κ3) is 3.57. The van der Waals surface area contributed by atoms with Crippen LogP contribution in [-0.2, 0) is 9.53 Å². The zero-order chi connectivity index (χ0) is 18.0. The standard InChI is InChI=1S/C15H17BrN2O6/c1-8(2)11-7-24-15(21)17(11)14(20)12(16)13(19)9-3-5-10(6-4-9)18(22)23/h3-6,8,11-13,19H,7H2,1-2H3/t11-,12-,13-/m1/s1. The highest BCUT2D eigenvalue weighted by atomic mass is 79.9. The second-order valence-electron chi connectivity index (χ2n) is 5.79. The van der Waals surface area contributed by atoms with E-state index in [4.69, 9.17) is 4.74 Å². The molecule has 1 fully saturated rings. The highest BCUT2D eigenvalue weighted by Crippen LogP contribution is 2.29. The number of nitrogens with zero attached hydrogens (tertiary/aromatic N) is 2. The van der Waals surface area contributed by atoms with Crippen molar-refractivity contribution in [2.75, 3.05) is 6.61 Å². The van der Waals surface area contributed by atoms with Crippen molar-refractivity contribution in [1.29, 1.82) is 0 Å². The van der Waals surface area contributed by atoms with Crippen LogP contribution < -0.4 is 0 Å². The first-order valence-corrected chi connectivity index (χ1v) is 8.22. The Morgan fingerprint density at radius 2 is 2.00 bits per heavy atom. The summed E-state index contributed by atoms with van der Waals surface area (Å²) in [4.78, 5) is 34.4. The number of hydrogen-bond donors (Lipinski definition) is 1. The van der Waals surface area contributed by atoms with Crippen LogP contribution in [0.4, 0.5) is 10.5 Å². The number of imide groups is 1. The number of nitro benzene ring substituents is 1. The van der Waals surface area contributed by atoms with Crippen LogP contribution in [-0.4, -0.2) is 44.4 Å². The number of halogens is 1. The van der Waals surface area contributed by atoms with E-state index in [1.165, 1.54) is 24.3 Å². The average Bonchev–Trinajstić information content (AvgIpc) is 2.94. The van der Waals surface area contributed by atoms with Crippen molar-refractivity contribution < 1.29 is 24.4 Å².